The average Bonchev–Trinajstić information content (AvgIpc) is 2.55. The maximum atomic E-state index is 4.53. The summed E-state index contributed by atoms with van der Waals surface area (Å²) >= 11 is 0. The minimum atomic E-state index is 0.701. The van der Waals surface area contributed by atoms with Gasteiger partial charge in [0.15, 0.2) is 0 Å². The normalized spacial score (nSPS) is 20.9. The average molecular weight is 193 g/mol. The van der Waals surface area contributed by atoms with Crippen LogP contribution in [0.4, 0.5) is 0 Å². The van der Waals surface area contributed by atoms with Crippen LogP contribution in [0.3, 0.4) is 0 Å². The van der Waals surface area contributed by atoms with E-state index in [0.717, 1.165) is 18.8 Å². The monoisotopic (exact) mass is 193 g/mol. The standard InChI is InChI=1S/C11H19N3/c1-8-13-10-5-3-4-9(6-7-12-2)11(10)14-8/h9,12H,3-7H2,1-2H3,(H,13,14). The van der Waals surface area contributed by atoms with Gasteiger partial charge >= 0.3 is 0 Å². The van der Waals surface area contributed by atoms with Gasteiger partial charge in [0, 0.05) is 11.6 Å². The number of imidazole rings is 1. The number of aromatic amines is 1. The summed E-state index contributed by atoms with van der Waals surface area (Å²) in [5.41, 5.74) is 2.72. The highest BCUT2D eigenvalue weighted by molar-refractivity contribution is 5.21. The molecule has 1 aliphatic carbocycles. The first kappa shape index (κ1) is 9.71. The summed E-state index contributed by atoms with van der Waals surface area (Å²) in [5, 5.41) is 3.22. The summed E-state index contributed by atoms with van der Waals surface area (Å²) in [4.78, 5) is 7.95. The van der Waals surface area contributed by atoms with Crippen LogP contribution in [-0.2, 0) is 6.42 Å². The highest BCUT2D eigenvalue weighted by atomic mass is 14.9. The second-order valence-electron chi connectivity index (χ2n) is 4.16. The van der Waals surface area contributed by atoms with Crippen LogP contribution in [0.5, 0.6) is 0 Å². The molecule has 1 aromatic rings. The molecule has 2 N–H and O–H groups in total. The molecule has 1 heterocycles. The Kier molecular flexibility index (Phi) is 2.87. The van der Waals surface area contributed by atoms with E-state index in [4.69, 9.17) is 0 Å². The fourth-order valence-corrected chi connectivity index (χ4v) is 2.35. The minimum Gasteiger partial charge on any atom is -0.346 e. The first-order valence-corrected chi connectivity index (χ1v) is 5.51. The Morgan fingerprint density at radius 1 is 1.57 bits per heavy atom. The molecule has 1 aliphatic rings. The molecule has 1 aromatic heterocycles. The number of fused-ring (bicyclic) bond motifs is 1. The third kappa shape index (κ3) is 1.82. The Morgan fingerprint density at radius 2 is 2.43 bits per heavy atom. The molecule has 14 heavy (non-hydrogen) atoms. The first-order valence-electron chi connectivity index (χ1n) is 5.51. The van der Waals surface area contributed by atoms with Crippen molar-refractivity contribution in [1.82, 2.24) is 15.3 Å². The van der Waals surface area contributed by atoms with Crippen molar-refractivity contribution in [3.05, 3.63) is 17.2 Å². The number of H-pyrrole nitrogens is 1. The van der Waals surface area contributed by atoms with Crippen LogP contribution >= 0.6 is 0 Å². The predicted octanol–water partition coefficient (Wildman–Crippen LogP) is 1.75. The van der Waals surface area contributed by atoms with Crippen molar-refractivity contribution in [3.8, 4) is 0 Å². The van der Waals surface area contributed by atoms with Crippen LogP contribution in [-0.4, -0.2) is 23.6 Å². The molecule has 3 nitrogen and oxygen atoms in total. The lowest BCUT2D eigenvalue weighted by Crippen LogP contribution is -2.16. The van der Waals surface area contributed by atoms with E-state index in [2.05, 4.69) is 15.3 Å². The van der Waals surface area contributed by atoms with Crippen molar-refractivity contribution in [2.24, 2.45) is 0 Å². The van der Waals surface area contributed by atoms with E-state index < -0.39 is 0 Å². The quantitative estimate of drug-likeness (QED) is 0.767. The van der Waals surface area contributed by atoms with Gasteiger partial charge in [-0.3, -0.25) is 0 Å². The highest BCUT2D eigenvalue weighted by Crippen LogP contribution is 2.31. The molecule has 1 unspecified atom stereocenters. The van der Waals surface area contributed by atoms with E-state index >= 15 is 0 Å². The van der Waals surface area contributed by atoms with Crippen molar-refractivity contribution >= 4 is 0 Å². The number of aryl methyl sites for hydroxylation is 2. The van der Waals surface area contributed by atoms with E-state index in [1.165, 1.54) is 30.7 Å². The van der Waals surface area contributed by atoms with Crippen molar-refractivity contribution in [2.45, 2.75) is 38.5 Å². The Hall–Kier alpha value is -0.830. The van der Waals surface area contributed by atoms with Crippen LogP contribution in [0.2, 0.25) is 0 Å². The van der Waals surface area contributed by atoms with E-state index in [0.29, 0.717) is 5.92 Å². The molecule has 0 bridgehead atoms. The van der Waals surface area contributed by atoms with Gasteiger partial charge in [0.05, 0.1) is 5.69 Å². The maximum Gasteiger partial charge on any atom is 0.103 e. The van der Waals surface area contributed by atoms with Crippen LogP contribution in [0.15, 0.2) is 0 Å². The summed E-state index contributed by atoms with van der Waals surface area (Å²) in [6.45, 7) is 3.15. The summed E-state index contributed by atoms with van der Waals surface area (Å²) < 4.78 is 0. The molecule has 0 aromatic carbocycles. The first-order chi connectivity index (χ1) is 6.81. The molecule has 0 spiro atoms. The Morgan fingerprint density at radius 3 is 3.21 bits per heavy atom. The van der Waals surface area contributed by atoms with Crippen LogP contribution < -0.4 is 5.32 Å². The van der Waals surface area contributed by atoms with Crippen molar-refractivity contribution < 1.29 is 0 Å². The van der Waals surface area contributed by atoms with Gasteiger partial charge in [0.1, 0.15) is 5.82 Å². The second-order valence-corrected chi connectivity index (χ2v) is 4.16. The minimum absolute atomic E-state index is 0.701. The van der Waals surface area contributed by atoms with E-state index in [1.54, 1.807) is 0 Å². The molecule has 1 atom stereocenters. The highest BCUT2D eigenvalue weighted by Gasteiger charge is 2.22. The molecule has 3 heteroatoms. The van der Waals surface area contributed by atoms with Gasteiger partial charge in [-0.05, 0) is 46.2 Å². The van der Waals surface area contributed by atoms with Crippen molar-refractivity contribution in [2.75, 3.05) is 13.6 Å². The topological polar surface area (TPSA) is 40.7 Å². The zero-order valence-corrected chi connectivity index (χ0v) is 9.06. The van der Waals surface area contributed by atoms with Crippen LogP contribution in [0, 0.1) is 6.92 Å². The lowest BCUT2D eigenvalue weighted by Gasteiger charge is -2.21. The van der Waals surface area contributed by atoms with E-state index in [-0.39, 0.29) is 0 Å². The van der Waals surface area contributed by atoms with Crippen molar-refractivity contribution in [3.63, 3.8) is 0 Å². The van der Waals surface area contributed by atoms with Crippen LogP contribution in [0.25, 0.3) is 0 Å². The Bertz CT molecular complexity index is 303. The summed E-state index contributed by atoms with van der Waals surface area (Å²) in [7, 11) is 2.02. The molecule has 0 fully saturated rings. The van der Waals surface area contributed by atoms with Crippen molar-refractivity contribution in [1.29, 1.82) is 0 Å². The molecular weight excluding hydrogens is 174 g/mol. The fraction of sp³-hybridized carbons (Fsp3) is 0.727. The van der Waals surface area contributed by atoms with Crippen LogP contribution in [0.1, 0.15) is 42.4 Å². The fourth-order valence-electron chi connectivity index (χ4n) is 2.35. The Balaban J connectivity index is 2.13. The van der Waals surface area contributed by atoms with Gasteiger partial charge < -0.3 is 10.3 Å². The summed E-state index contributed by atoms with van der Waals surface area (Å²) in [5.74, 6) is 1.78. The molecule has 78 valence electrons. The number of rotatable bonds is 3. The molecule has 0 saturated carbocycles. The molecular formula is C11H19N3. The van der Waals surface area contributed by atoms with E-state index in [1.807, 2.05) is 14.0 Å². The third-order valence-electron chi connectivity index (χ3n) is 3.05. The number of nitrogens with zero attached hydrogens (tertiary/aromatic N) is 1. The number of aromatic nitrogens is 2. The van der Waals surface area contributed by atoms with Gasteiger partial charge in [-0.1, -0.05) is 0 Å². The lowest BCUT2D eigenvalue weighted by molar-refractivity contribution is 0.498. The molecule has 0 aliphatic heterocycles. The van der Waals surface area contributed by atoms with Gasteiger partial charge in [-0.2, -0.15) is 0 Å². The van der Waals surface area contributed by atoms with Gasteiger partial charge in [-0.25, -0.2) is 4.98 Å². The molecule has 0 amide bonds. The second kappa shape index (κ2) is 4.13. The lowest BCUT2D eigenvalue weighted by atomic mass is 9.87. The number of nitrogens with one attached hydrogen (secondary N) is 2. The largest absolute Gasteiger partial charge is 0.346 e. The number of hydrogen-bond acceptors (Lipinski definition) is 2. The Labute approximate surface area is 85.3 Å². The molecule has 2 rings (SSSR count). The van der Waals surface area contributed by atoms with Gasteiger partial charge in [-0.15, -0.1) is 0 Å². The third-order valence-corrected chi connectivity index (χ3v) is 3.05. The van der Waals surface area contributed by atoms with Gasteiger partial charge in [0.2, 0.25) is 0 Å². The summed E-state index contributed by atoms with van der Waals surface area (Å²) in [6, 6.07) is 0. The number of hydrogen-bond donors (Lipinski definition) is 2. The zero-order valence-electron chi connectivity index (χ0n) is 9.06. The zero-order chi connectivity index (χ0) is 9.97. The summed E-state index contributed by atoms with van der Waals surface area (Å²) in [6.07, 6.45) is 5.00. The smallest absolute Gasteiger partial charge is 0.103 e. The SMILES string of the molecule is CNCCC1CCCc2nc(C)[nH]c21. The molecule has 0 radical (unpaired) electrons. The molecule has 0 saturated heterocycles. The maximum absolute atomic E-state index is 4.53. The van der Waals surface area contributed by atoms with Gasteiger partial charge in [0.25, 0.3) is 0 Å². The van der Waals surface area contributed by atoms with E-state index in [9.17, 15) is 0 Å². The predicted molar refractivity (Wildman–Crippen MR) is 57.5 cm³/mol.